The Morgan fingerprint density at radius 1 is 1.47 bits per heavy atom. The Morgan fingerprint density at radius 3 is 2.59 bits per heavy atom. The number of hydrogen-bond donors (Lipinski definition) is 1. The predicted molar refractivity (Wildman–Crippen MR) is 67.6 cm³/mol. The highest BCUT2D eigenvalue weighted by Crippen LogP contribution is 2.00. The molecule has 17 heavy (non-hydrogen) atoms. The molecule has 5 nitrogen and oxygen atoms in total. The lowest BCUT2D eigenvalue weighted by Gasteiger charge is -2.18. The van der Waals surface area contributed by atoms with Crippen LogP contribution in [0.5, 0.6) is 0 Å². The predicted octanol–water partition coefficient (Wildman–Crippen LogP) is 0.687. The Labute approximate surface area is 103 Å². The van der Waals surface area contributed by atoms with Gasteiger partial charge in [-0.3, -0.25) is 9.48 Å². The fourth-order valence-electron chi connectivity index (χ4n) is 1.82. The van der Waals surface area contributed by atoms with Gasteiger partial charge in [0.1, 0.15) is 0 Å². The number of nitrogens with zero attached hydrogens (tertiary/aromatic N) is 3. The topological polar surface area (TPSA) is 50.2 Å². The summed E-state index contributed by atoms with van der Waals surface area (Å²) in [5.41, 5.74) is 2.09. The van der Waals surface area contributed by atoms with Crippen LogP contribution >= 0.6 is 0 Å². The molecule has 0 aliphatic heterocycles. The van der Waals surface area contributed by atoms with Gasteiger partial charge in [0.05, 0.1) is 17.9 Å². The highest BCUT2D eigenvalue weighted by Gasteiger charge is 2.09. The largest absolute Gasteiger partial charge is 0.342 e. The molecule has 96 valence electrons. The zero-order chi connectivity index (χ0) is 12.8. The third-order valence-electron chi connectivity index (χ3n) is 2.80. The van der Waals surface area contributed by atoms with E-state index in [1.807, 2.05) is 43.5 Å². The van der Waals surface area contributed by atoms with Gasteiger partial charge in [-0.2, -0.15) is 5.10 Å². The van der Waals surface area contributed by atoms with Crippen LogP contribution in [0, 0.1) is 6.92 Å². The third-order valence-corrected chi connectivity index (χ3v) is 2.80. The van der Waals surface area contributed by atoms with Gasteiger partial charge in [0.15, 0.2) is 0 Å². The molecule has 0 saturated heterocycles. The standard InChI is InChI=1S/C12H22N4O/c1-5-16(6-2)12(17)9-13-8-11-7-10(3)14-15(11)4/h7,13H,5-6,8-9H2,1-4H3. The van der Waals surface area contributed by atoms with Crippen molar-refractivity contribution in [2.24, 2.45) is 7.05 Å². The Balaban J connectivity index is 2.37. The van der Waals surface area contributed by atoms with Crippen molar-refractivity contribution in [1.29, 1.82) is 0 Å². The van der Waals surface area contributed by atoms with Crippen LogP contribution in [0.2, 0.25) is 0 Å². The summed E-state index contributed by atoms with van der Waals surface area (Å²) >= 11 is 0. The van der Waals surface area contributed by atoms with Gasteiger partial charge in [0.2, 0.25) is 5.91 Å². The summed E-state index contributed by atoms with van der Waals surface area (Å²) in [6.07, 6.45) is 0. The Hall–Kier alpha value is -1.36. The third kappa shape index (κ3) is 3.85. The lowest BCUT2D eigenvalue weighted by atomic mass is 10.3. The minimum atomic E-state index is 0.147. The fourth-order valence-corrected chi connectivity index (χ4v) is 1.82. The lowest BCUT2D eigenvalue weighted by molar-refractivity contribution is -0.129. The Bertz CT molecular complexity index is 369. The molecule has 0 fully saturated rings. The van der Waals surface area contributed by atoms with Crippen molar-refractivity contribution in [3.05, 3.63) is 17.5 Å². The minimum Gasteiger partial charge on any atom is -0.342 e. The maximum absolute atomic E-state index is 11.7. The first-order valence-corrected chi connectivity index (χ1v) is 6.06. The molecule has 5 heteroatoms. The van der Waals surface area contributed by atoms with Gasteiger partial charge >= 0.3 is 0 Å². The molecule has 1 N–H and O–H groups in total. The average Bonchev–Trinajstić information content (AvgIpc) is 2.59. The monoisotopic (exact) mass is 238 g/mol. The second kappa shape index (κ2) is 6.39. The smallest absolute Gasteiger partial charge is 0.236 e. The van der Waals surface area contributed by atoms with Gasteiger partial charge in [-0.05, 0) is 26.8 Å². The van der Waals surface area contributed by atoms with Crippen LogP contribution in [0.4, 0.5) is 0 Å². The van der Waals surface area contributed by atoms with Gasteiger partial charge < -0.3 is 10.2 Å². The van der Waals surface area contributed by atoms with Crippen LogP contribution < -0.4 is 5.32 Å². The first-order chi connectivity index (χ1) is 8.08. The zero-order valence-corrected chi connectivity index (χ0v) is 11.2. The molecule has 0 spiro atoms. The number of carbonyl (C=O) groups is 1. The summed E-state index contributed by atoms with van der Waals surface area (Å²) in [6, 6.07) is 2.02. The highest BCUT2D eigenvalue weighted by molar-refractivity contribution is 5.78. The SMILES string of the molecule is CCN(CC)C(=O)CNCc1cc(C)nn1C. The molecular formula is C12H22N4O. The minimum absolute atomic E-state index is 0.147. The van der Waals surface area contributed by atoms with Crippen molar-refractivity contribution in [3.63, 3.8) is 0 Å². The molecule has 0 aliphatic rings. The molecule has 0 saturated carbocycles. The highest BCUT2D eigenvalue weighted by atomic mass is 16.2. The van der Waals surface area contributed by atoms with Gasteiger partial charge in [-0.25, -0.2) is 0 Å². The quantitative estimate of drug-likeness (QED) is 0.793. The van der Waals surface area contributed by atoms with Crippen LogP contribution in [-0.2, 0) is 18.4 Å². The molecule has 0 aliphatic carbocycles. The van der Waals surface area contributed by atoms with Crippen molar-refractivity contribution < 1.29 is 4.79 Å². The van der Waals surface area contributed by atoms with E-state index in [-0.39, 0.29) is 5.91 Å². The van der Waals surface area contributed by atoms with E-state index in [4.69, 9.17) is 0 Å². The van der Waals surface area contributed by atoms with Gasteiger partial charge in [-0.15, -0.1) is 0 Å². The number of aryl methyl sites for hydroxylation is 2. The summed E-state index contributed by atoms with van der Waals surface area (Å²) in [5.74, 6) is 0.147. The Morgan fingerprint density at radius 2 is 2.12 bits per heavy atom. The second-order valence-electron chi connectivity index (χ2n) is 4.07. The van der Waals surface area contributed by atoms with E-state index in [0.717, 1.165) is 24.5 Å². The molecule has 1 heterocycles. The van der Waals surface area contributed by atoms with E-state index in [0.29, 0.717) is 13.1 Å². The van der Waals surface area contributed by atoms with E-state index >= 15 is 0 Å². The summed E-state index contributed by atoms with van der Waals surface area (Å²) in [6.45, 7) is 8.53. The number of rotatable bonds is 6. The average molecular weight is 238 g/mol. The molecule has 1 amide bonds. The maximum atomic E-state index is 11.7. The van der Waals surface area contributed by atoms with E-state index in [1.165, 1.54) is 0 Å². The fraction of sp³-hybridized carbons (Fsp3) is 0.667. The van der Waals surface area contributed by atoms with Crippen LogP contribution in [0.25, 0.3) is 0 Å². The molecule has 0 bridgehead atoms. The molecule has 1 rings (SSSR count). The molecule has 0 unspecified atom stereocenters. The van der Waals surface area contributed by atoms with Crippen LogP contribution in [0.1, 0.15) is 25.2 Å². The van der Waals surface area contributed by atoms with Crippen molar-refractivity contribution in [2.75, 3.05) is 19.6 Å². The number of nitrogens with one attached hydrogen (secondary N) is 1. The normalized spacial score (nSPS) is 10.6. The van der Waals surface area contributed by atoms with E-state index in [9.17, 15) is 4.79 Å². The molecule has 0 atom stereocenters. The first-order valence-electron chi connectivity index (χ1n) is 6.06. The first kappa shape index (κ1) is 13.7. The number of aromatic nitrogens is 2. The number of carbonyl (C=O) groups excluding carboxylic acids is 1. The van der Waals surface area contributed by atoms with E-state index in [1.54, 1.807) is 0 Å². The van der Waals surface area contributed by atoms with Crippen molar-refractivity contribution >= 4 is 5.91 Å². The molecular weight excluding hydrogens is 216 g/mol. The van der Waals surface area contributed by atoms with Gasteiger partial charge in [0.25, 0.3) is 0 Å². The molecule has 0 aromatic carbocycles. The Kier molecular flexibility index (Phi) is 5.15. The molecule has 1 aromatic rings. The van der Waals surface area contributed by atoms with Crippen molar-refractivity contribution in [3.8, 4) is 0 Å². The van der Waals surface area contributed by atoms with Crippen LogP contribution in [0.3, 0.4) is 0 Å². The van der Waals surface area contributed by atoms with Gasteiger partial charge in [-0.1, -0.05) is 0 Å². The van der Waals surface area contributed by atoms with Crippen LogP contribution in [0.15, 0.2) is 6.07 Å². The zero-order valence-electron chi connectivity index (χ0n) is 11.2. The van der Waals surface area contributed by atoms with E-state index < -0.39 is 0 Å². The van der Waals surface area contributed by atoms with Crippen molar-refractivity contribution in [1.82, 2.24) is 20.0 Å². The summed E-state index contributed by atoms with van der Waals surface area (Å²) in [4.78, 5) is 13.5. The summed E-state index contributed by atoms with van der Waals surface area (Å²) < 4.78 is 1.84. The number of amides is 1. The van der Waals surface area contributed by atoms with Crippen LogP contribution in [-0.4, -0.2) is 40.2 Å². The lowest BCUT2D eigenvalue weighted by Crippen LogP contribution is -2.37. The van der Waals surface area contributed by atoms with E-state index in [2.05, 4.69) is 10.4 Å². The number of likely N-dealkylation sites (N-methyl/N-ethyl adjacent to an activating group) is 1. The second-order valence-corrected chi connectivity index (χ2v) is 4.07. The summed E-state index contributed by atoms with van der Waals surface area (Å²) in [5, 5.41) is 7.41. The maximum Gasteiger partial charge on any atom is 0.236 e. The molecule has 0 radical (unpaired) electrons. The number of hydrogen-bond acceptors (Lipinski definition) is 3. The van der Waals surface area contributed by atoms with Gasteiger partial charge in [0, 0.05) is 26.7 Å². The van der Waals surface area contributed by atoms with Crippen molar-refractivity contribution in [2.45, 2.75) is 27.3 Å². The molecule has 1 aromatic heterocycles. The summed E-state index contributed by atoms with van der Waals surface area (Å²) in [7, 11) is 1.91.